The van der Waals surface area contributed by atoms with Gasteiger partial charge in [0.15, 0.2) is 11.5 Å². The second kappa shape index (κ2) is 10.0. The molecule has 1 rings (SSSR count). The summed E-state index contributed by atoms with van der Waals surface area (Å²) in [6.45, 7) is 2.13. The molecule has 0 heterocycles. The Morgan fingerprint density at radius 1 is 1.09 bits per heavy atom. The largest absolute Gasteiger partial charge is 0.493 e. The topological polar surface area (TPSA) is 34.2 Å². The quantitative estimate of drug-likeness (QED) is 0.464. The second-order valence-electron chi connectivity index (χ2n) is 5.55. The number of rotatable bonds is 10. The van der Waals surface area contributed by atoms with Crippen molar-refractivity contribution in [1.29, 1.82) is 0 Å². The van der Waals surface area contributed by atoms with Crippen LogP contribution in [0.3, 0.4) is 0 Å². The molecule has 6 heteroatoms. The van der Waals surface area contributed by atoms with Gasteiger partial charge in [-0.15, -0.1) is 0 Å². The summed E-state index contributed by atoms with van der Waals surface area (Å²) < 4.78 is 17.9. The smallest absolute Gasteiger partial charge is 0.161 e. The van der Waals surface area contributed by atoms with Crippen LogP contribution in [0.5, 0.6) is 11.5 Å². The van der Waals surface area contributed by atoms with E-state index in [9.17, 15) is 0 Å². The minimum Gasteiger partial charge on any atom is -0.493 e. The second-order valence-corrected chi connectivity index (χ2v) is 6.46. The van der Waals surface area contributed by atoms with Gasteiger partial charge in [0.2, 0.25) is 0 Å². The van der Waals surface area contributed by atoms with Gasteiger partial charge in [0, 0.05) is 17.4 Å². The minimum absolute atomic E-state index is 0.0946. The molecule has 5 nitrogen and oxygen atoms in total. The minimum atomic E-state index is 0.0946. The summed E-state index contributed by atoms with van der Waals surface area (Å²) in [7, 11) is 9.78. The van der Waals surface area contributed by atoms with Crippen molar-refractivity contribution in [2.45, 2.75) is 12.6 Å². The first kappa shape index (κ1) is 19.2. The van der Waals surface area contributed by atoms with E-state index in [2.05, 4.69) is 25.7 Å². The zero-order chi connectivity index (χ0) is 16.5. The molecule has 1 aromatic carbocycles. The third-order valence-electron chi connectivity index (χ3n) is 3.08. The molecule has 0 spiro atoms. The molecule has 0 saturated carbocycles. The van der Waals surface area contributed by atoms with Gasteiger partial charge in [-0.2, -0.15) is 0 Å². The molecule has 1 aromatic rings. The molecule has 126 valence electrons. The Balaban J connectivity index is 2.33. The van der Waals surface area contributed by atoms with Crippen LogP contribution < -0.4 is 9.47 Å². The van der Waals surface area contributed by atoms with Crippen LogP contribution in [-0.4, -0.2) is 71.1 Å². The maximum atomic E-state index is 5.89. The van der Waals surface area contributed by atoms with Gasteiger partial charge in [0.05, 0.1) is 20.3 Å². The lowest BCUT2D eigenvalue weighted by Crippen LogP contribution is -2.39. The number of nitrogens with zero attached hydrogens (tertiary/aromatic N) is 2. The summed E-state index contributed by atoms with van der Waals surface area (Å²) in [5.74, 6) is 1.48. The average molecular weight is 375 g/mol. The monoisotopic (exact) mass is 374 g/mol. The normalized spacial score (nSPS) is 12.7. The third-order valence-corrected chi connectivity index (χ3v) is 3.57. The first-order valence-electron chi connectivity index (χ1n) is 7.33. The number of hydrogen-bond donors (Lipinski definition) is 0. The molecule has 0 saturated heterocycles. The van der Waals surface area contributed by atoms with E-state index < -0.39 is 0 Å². The van der Waals surface area contributed by atoms with Gasteiger partial charge in [-0.25, -0.2) is 0 Å². The SMILES string of the molecule is COc1cc(Br)ccc1OCCCOC(CN(C)C)N(C)C. The lowest BCUT2D eigenvalue weighted by molar-refractivity contribution is -0.0512. The molecular formula is C16H27BrN2O3. The van der Waals surface area contributed by atoms with Crippen LogP contribution in [0.25, 0.3) is 0 Å². The first-order chi connectivity index (χ1) is 10.4. The first-order valence-corrected chi connectivity index (χ1v) is 8.12. The van der Waals surface area contributed by atoms with Gasteiger partial charge >= 0.3 is 0 Å². The third kappa shape index (κ3) is 6.96. The lowest BCUT2D eigenvalue weighted by atomic mass is 10.3. The van der Waals surface area contributed by atoms with E-state index in [1.807, 2.05) is 46.4 Å². The number of ether oxygens (including phenoxy) is 3. The summed E-state index contributed by atoms with van der Waals surface area (Å²) >= 11 is 3.41. The maximum Gasteiger partial charge on any atom is 0.161 e. The van der Waals surface area contributed by atoms with E-state index >= 15 is 0 Å². The number of halogens is 1. The molecule has 0 aromatic heterocycles. The Morgan fingerprint density at radius 2 is 1.82 bits per heavy atom. The van der Waals surface area contributed by atoms with Crippen LogP contribution in [-0.2, 0) is 4.74 Å². The van der Waals surface area contributed by atoms with E-state index in [1.54, 1.807) is 7.11 Å². The van der Waals surface area contributed by atoms with Crippen LogP contribution in [0.4, 0.5) is 0 Å². The van der Waals surface area contributed by atoms with Gasteiger partial charge < -0.3 is 19.1 Å². The Morgan fingerprint density at radius 3 is 2.41 bits per heavy atom. The summed E-state index contributed by atoms with van der Waals surface area (Å²) in [6, 6.07) is 5.73. The summed E-state index contributed by atoms with van der Waals surface area (Å²) in [6.07, 6.45) is 0.925. The molecule has 0 radical (unpaired) electrons. The zero-order valence-corrected chi connectivity index (χ0v) is 15.7. The molecule has 0 aliphatic heterocycles. The van der Waals surface area contributed by atoms with Crippen molar-refractivity contribution in [2.75, 3.05) is 55.1 Å². The molecule has 0 bridgehead atoms. The highest BCUT2D eigenvalue weighted by molar-refractivity contribution is 9.10. The van der Waals surface area contributed by atoms with Crippen molar-refractivity contribution >= 4 is 15.9 Å². The molecule has 0 fully saturated rings. The molecule has 1 atom stereocenters. The fraction of sp³-hybridized carbons (Fsp3) is 0.625. The van der Waals surface area contributed by atoms with E-state index in [1.165, 1.54) is 0 Å². The fourth-order valence-electron chi connectivity index (χ4n) is 1.90. The number of methoxy groups -OCH3 is 1. The van der Waals surface area contributed by atoms with Crippen molar-refractivity contribution in [3.8, 4) is 11.5 Å². The predicted octanol–water partition coefficient (Wildman–Crippen LogP) is 2.69. The Labute approximate surface area is 142 Å². The standard InChI is InChI=1S/C16H27BrN2O3/c1-18(2)12-16(19(3)4)22-10-6-9-21-14-8-7-13(17)11-15(14)20-5/h7-8,11,16H,6,9-10,12H2,1-5H3. The van der Waals surface area contributed by atoms with Crippen LogP contribution in [0.2, 0.25) is 0 Å². The van der Waals surface area contributed by atoms with Crippen LogP contribution >= 0.6 is 15.9 Å². The van der Waals surface area contributed by atoms with Crippen molar-refractivity contribution < 1.29 is 14.2 Å². The van der Waals surface area contributed by atoms with Crippen LogP contribution in [0, 0.1) is 0 Å². The molecule has 0 aliphatic rings. The van der Waals surface area contributed by atoms with Gasteiger partial charge in [0.1, 0.15) is 6.23 Å². The molecule has 0 aliphatic carbocycles. The lowest BCUT2D eigenvalue weighted by Gasteiger charge is -2.27. The van der Waals surface area contributed by atoms with E-state index in [0.29, 0.717) is 13.2 Å². The Hall–Kier alpha value is -0.820. The predicted molar refractivity (Wildman–Crippen MR) is 92.8 cm³/mol. The number of hydrogen-bond acceptors (Lipinski definition) is 5. The summed E-state index contributed by atoms with van der Waals surface area (Å²) in [5.41, 5.74) is 0. The highest BCUT2D eigenvalue weighted by atomic mass is 79.9. The van der Waals surface area contributed by atoms with E-state index in [-0.39, 0.29) is 6.23 Å². The van der Waals surface area contributed by atoms with Crippen molar-refractivity contribution in [1.82, 2.24) is 9.80 Å². The molecule has 1 unspecified atom stereocenters. The van der Waals surface area contributed by atoms with Crippen molar-refractivity contribution in [3.05, 3.63) is 22.7 Å². The number of likely N-dealkylation sites (N-methyl/N-ethyl adjacent to an activating group) is 2. The van der Waals surface area contributed by atoms with Crippen LogP contribution in [0.15, 0.2) is 22.7 Å². The van der Waals surface area contributed by atoms with Gasteiger partial charge in [-0.05, 0) is 46.4 Å². The summed E-state index contributed by atoms with van der Waals surface area (Å²) in [5, 5.41) is 0. The van der Waals surface area contributed by atoms with Crippen molar-refractivity contribution in [3.63, 3.8) is 0 Å². The molecule has 0 N–H and O–H groups in total. The average Bonchev–Trinajstić information content (AvgIpc) is 2.46. The van der Waals surface area contributed by atoms with Gasteiger partial charge in [-0.3, -0.25) is 4.90 Å². The molecule has 0 amide bonds. The highest BCUT2D eigenvalue weighted by Gasteiger charge is 2.12. The molecular weight excluding hydrogens is 348 g/mol. The van der Waals surface area contributed by atoms with Crippen LogP contribution in [0.1, 0.15) is 6.42 Å². The molecule has 22 heavy (non-hydrogen) atoms. The van der Waals surface area contributed by atoms with Gasteiger partial charge in [0.25, 0.3) is 0 Å². The zero-order valence-electron chi connectivity index (χ0n) is 14.1. The number of benzene rings is 1. The van der Waals surface area contributed by atoms with E-state index in [4.69, 9.17) is 14.2 Å². The maximum absolute atomic E-state index is 5.89. The fourth-order valence-corrected chi connectivity index (χ4v) is 2.24. The Kier molecular flexibility index (Phi) is 8.78. The summed E-state index contributed by atoms with van der Waals surface area (Å²) in [4.78, 5) is 4.20. The van der Waals surface area contributed by atoms with Gasteiger partial charge in [-0.1, -0.05) is 15.9 Å². The van der Waals surface area contributed by atoms with E-state index in [0.717, 1.165) is 28.9 Å². The Bertz CT molecular complexity index is 441. The van der Waals surface area contributed by atoms with Crippen molar-refractivity contribution in [2.24, 2.45) is 0 Å². The highest BCUT2D eigenvalue weighted by Crippen LogP contribution is 2.30.